The predicted molar refractivity (Wildman–Crippen MR) is 85.6 cm³/mol. The molecule has 3 aromatic heterocycles. The number of H-pyrrole nitrogens is 1. The van der Waals surface area contributed by atoms with Gasteiger partial charge in [0.25, 0.3) is 0 Å². The second kappa shape index (κ2) is 5.77. The minimum absolute atomic E-state index is 0.0172. The average molecular weight is 343 g/mol. The third-order valence-electron chi connectivity index (χ3n) is 4.36. The molecule has 1 saturated heterocycles. The summed E-state index contributed by atoms with van der Waals surface area (Å²) in [6.45, 7) is 0.994. The minimum Gasteiger partial charge on any atom is -0.345 e. The van der Waals surface area contributed by atoms with Gasteiger partial charge in [-0.2, -0.15) is 5.26 Å². The van der Waals surface area contributed by atoms with E-state index in [9.17, 15) is 8.42 Å². The van der Waals surface area contributed by atoms with Crippen LogP contribution in [0.2, 0.25) is 0 Å². The number of aromatic nitrogens is 5. The highest BCUT2D eigenvalue weighted by Gasteiger charge is 2.32. The first-order valence-corrected chi connectivity index (χ1v) is 8.65. The van der Waals surface area contributed by atoms with Crippen molar-refractivity contribution >= 4 is 32.8 Å². The fourth-order valence-electron chi connectivity index (χ4n) is 3.27. The van der Waals surface area contributed by atoms with Gasteiger partial charge in [0.1, 0.15) is 6.33 Å². The molecule has 2 atom stereocenters. The molecule has 1 aliphatic rings. The quantitative estimate of drug-likeness (QED) is 0.643. The van der Waals surface area contributed by atoms with Crippen LogP contribution >= 0.6 is 0 Å². The van der Waals surface area contributed by atoms with Crippen molar-refractivity contribution in [3.05, 3.63) is 24.3 Å². The minimum atomic E-state index is -2.81. The lowest BCUT2D eigenvalue weighted by Crippen LogP contribution is -2.33. The predicted octanol–water partition coefficient (Wildman–Crippen LogP) is 0.151. The van der Waals surface area contributed by atoms with Crippen molar-refractivity contribution < 1.29 is 8.42 Å². The Balaban J connectivity index is 1.78. The number of likely N-dealkylation sites (tertiary alicyclic amines) is 1. The van der Waals surface area contributed by atoms with Gasteiger partial charge >= 0.3 is 0 Å². The first-order chi connectivity index (χ1) is 11.7. The molecule has 122 valence electrons. The lowest BCUT2D eigenvalue weighted by Gasteiger charge is -2.17. The fourth-order valence-corrected chi connectivity index (χ4v) is 3.84. The lowest BCUT2D eigenvalue weighted by molar-refractivity contribution is 0.343. The normalized spacial score (nSPS) is 19.9. The average Bonchev–Trinajstić information content (AvgIpc) is 3.23. The van der Waals surface area contributed by atoms with Gasteiger partial charge in [-0.15, -0.1) is 10.2 Å². The topological polar surface area (TPSA) is 129 Å². The van der Waals surface area contributed by atoms with E-state index >= 15 is 0 Å². The van der Waals surface area contributed by atoms with Crippen LogP contribution in [-0.2, 0) is 10.7 Å². The maximum atomic E-state index is 11.2. The summed E-state index contributed by atoms with van der Waals surface area (Å²) in [5, 5.41) is 17.9. The number of nitrogens with zero attached hydrogens (tertiary/aromatic N) is 6. The third-order valence-corrected chi connectivity index (χ3v) is 5.20. The lowest BCUT2D eigenvalue weighted by atomic mass is 10.0. The molecule has 4 rings (SSSR count). The van der Waals surface area contributed by atoms with E-state index in [1.54, 1.807) is 11.1 Å². The van der Waals surface area contributed by atoms with E-state index < -0.39 is 16.1 Å². The summed E-state index contributed by atoms with van der Waals surface area (Å²) in [5.74, 6) is 0.0172. The molecular weight excluding hydrogens is 330 g/mol. The number of rotatable bonds is 3. The van der Waals surface area contributed by atoms with Crippen LogP contribution in [0.4, 0.5) is 0 Å². The zero-order chi connectivity index (χ0) is 16.7. The van der Waals surface area contributed by atoms with Crippen LogP contribution in [0.1, 0.15) is 18.0 Å². The second-order valence-electron chi connectivity index (χ2n) is 5.67. The largest absolute Gasteiger partial charge is 0.345 e. The first-order valence-electron chi connectivity index (χ1n) is 7.40. The van der Waals surface area contributed by atoms with Crippen LogP contribution in [0.5, 0.6) is 0 Å². The van der Waals surface area contributed by atoms with Crippen LogP contribution in [0.3, 0.4) is 0 Å². The van der Waals surface area contributed by atoms with E-state index in [-0.39, 0.29) is 5.92 Å². The van der Waals surface area contributed by atoms with E-state index in [0.717, 1.165) is 22.9 Å². The number of nitriles is 1. The summed E-state index contributed by atoms with van der Waals surface area (Å²) in [7, 11) is -2.81. The van der Waals surface area contributed by atoms with Crippen molar-refractivity contribution in [2.45, 2.75) is 17.7 Å². The second-order valence-corrected chi connectivity index (χ2v) is 6.73. The van der Waals surface area contributed by atoms with Crippen molar-refractivity contribution in [1.82, 2.24) is 30.0 Å². The van der Waals surface area contributed by atoms with Crippen molar-refractivity contribution in [1.29, 1.82) is 5.26 Å². The highest BCUT2D eigenvalue weighted by Crippen LogP contribution is 2.33. The molecular formula is C14H13N7O2S. The van der Waals surface area contributed by atoms with Crippen molar-refractivity contribution in [2.75, 3.05) is 13.1 Å². The maximum Gasteiger partial charge on any atom is 0.198 e. The highest BCUT2D eigenvalue weighted by molar-refractivity contribution is 7.73. The summed E-state index contributed by atoms with van der Waals surface area (Å²) >= 11 is 0. The summed E-state index contributed by atoms with van der Waals surface area (Å²) in [6.07, 6.45) is 3.95. The van der Waals surface area contributed by atoms with Crippen LogP contribution in [0.15, 0.2) is 18.6 Å². The van der Waals surface area contributed by atoms with Crippen molar-refractivity contribution in [3.63, 3.8) is 0 Å². The molecule has 1 aliphatic heterocycles. The summed E-state index contributed by atoms with van der Waals surface area (Å²) in [4.78, 5) is 13.3. The van der Waals surface area contributed by atoms with Crippen LogP contribution < -0.4 is 0 Å². The summed E-state index contributed by atoms with van der Waals surface area (Å²) in [6, 6.07) is 3.75. The van der Waals surface area contributed by atoms with E-state index in [0.29, 0.717) is 24.4 Å². The molecule has 0 radical (unpaired) electrons. The Labute approximate surface area is 138 Å². The molecule has 0 spiro atoms. The van der Waals surface area contributed by atoms with Crippen LogP contribution in [0, 0.1) is 11.3 Å². The van der Waals surface area contributed by atoms with E-state index in [4.69, 9.17) is 5.26 Å². The fraction of sp³-hybridized carbons (Fsp3) is 0.357. The molecule has 0 aliphatic carbocycles. The van der Waals surface area contributed by atoms with Crippen molar-refractivity contribution in [2.24, 2.45) is 0 Å². The molecule has 24 heavy (non-hydrogen) atoms. The monoisotopic (exact) mass is 343 g/mol. The maximum absolute atomic E-state index is 11.2. The van der Waals surface area contributed by atoms with Crippen LogP contribution in [0.25, 0.3) is 22.1 Å². The van der Waals surface area contributed by atoms with E-state index in [2.05, 4.69) is 25.1 Å². The third kappa shape index (κ3) is 2.29. The highest BCUT2D eigenvalue weighted by atomic mass is 32.2. The molecule has 2 unspecified atom stereocenters. The van der Waals surface area contributed by atoms with Gasteiger partial charge in [0.05, 0.1) is 17.1 Å². The zero-order valence-corrected chi connectivity index (χ0v) is 13.3. The zero-order valence-electron chi connectivity index (χ0n) is 12.5. The van der Waals surface area contributed by atoms with Gasteiger partial charge in [-0.25, -0.2) is 18.4 Å². The number of fused-ring (bicyclic) bond motifs is 3. The number of hydrogen-bond donors (Lipinski definition) is 2. The Morgan fingerprint density at radius 3 is 3.04 bits per heavy atom. The molecule has 1 fully saturated rings. The summed E-state index contributed by atoms with van der Waals surface area (Å²) in [5.41, 5.74) is 1.99. The van der Waals surface area contributed by atoms with E-state index in [1.165, 1.54) is 6.33 Å². The van der Waals surface area contributed by atoms with Gasteiger partial charge in [0.2, 0.25) is 0 Å². The van der Waals surface area contributed by atoms with Crippen LogP contribution in [-0.4, -0.2) is 56.9 Å². The number of thiol groups is 1. The van der Waals surface area contributed by atoms with Crippen molar-refractivity contribution in [3.8, 4) is 6.07 Å². The van der Waals surface area contributed by atoms with Gasteiger partial charge in [0, 0.05) is 30.6 Å². The Kier molecular flexibility index (Phi) is 3.59. The summed E-state index contributed by atoms with van der Waals surface area (Å²) < 4.78 is 22.5. The van der Waals surface area contributed by atoms with E-state index in [1.807, 2.05) is 12.1 Å². The van der Waals surface area contributed by atoms with Gasteiger partial charge < -0.3 is 4.98 Å². The van der Waals surface area contributed by atoms with Gasteiger partial charge in [0.15, 0.2) is 27.4 Å². The number of aromatic amines is 1. The molecule has 10 heteroatoms. The standard InChI is InChI=1S/C14H13N7O2S/c15-5-10(24(22)23)21-4-2-8(6-21)12-11-9-1-3-16-13(9)19-20-14(11)18-7-17-12/h1,3,7-8,10,24H,2,4,6H2,(H,16,19). The molecule has 1 N–H and O–H groups in total. The van der Waals surface area contributed by atoms with Gasteiger partial charge in [-0.05, 0) is 12.5 Å². The Bertz CT molecular complexity index is 1030. The Hall–Kier alpha value is -2.64. The molecule has 0 aromatic carbocycles. The molecule has 9 nitrogen and oxygen atoms in total. The molecule has 0 amide bonds. The Morgan fingerprint density at radius 1 is 1.38 bits per heavy atom. The molecule has 3 aromatic rings. The SMILES string of the molecule is N#CC(N1CCC(c2ncnc3nnc4[nH]ccc4c23)C1)[SH](=O)=O. The smallest absolute Gasteiger partial charge is 0.198 e. The number of hydrogen-bond acceptors (Lipinski definition) is 8. The first kappa shape index (κ1) is 14.9. The molecule has 4 heterocycles. The number of nitrogens with one attached hydrogen (secondary N) is 1. The molecule has 0 bridgehead atoms. The van der Waals surface area contributed by atoms with Gasteiger partial charge in [-0.1, -0.05) is 0 Å². The Morgan fingerprint density at radius 2 is 2.25 bits per heavy atom. The van der Waals surface area contributed by atoms with Gasteiger partial charge in [-0.3, -0.25) is 4.90 Å². The molecule has 0 saturated carbocycles.